The molecule has 4 nitrogen and oxygen atoms in total. The van der Waals surface area contributed by atoms with E-state index in [-0.39, 0.29) is 6.04 Å². The minimum atomic E-state index is -0.720. The number of thiophene rings is 1. The number of nitrogens with zero attached hydrogens (tertiary/aromatic N) is 2. The van der Waals surface area contributed by atoms with Gasteiger partial charge in [0.25, 0.3) is 0 Å². The molecular formula is C17H20N2O2S. The van der Waals surface area contributed by atoms with Crippen LogP contribution >= 0.6 is 11.3 Å². The molecule has 5 heteroatoms. The van der Waals surface area contributed by atoms with E-state index in [1.54, 1.807) is 17.5 Å². The quantitative estimate of drug-likeness (QED) is 0.938. The molecule has 1 aliphatic rings. The molecule has 1 fully saturated rings. The van der Waals surface area contributed by atoms with Crippen LogP contribution in [0.5, 0.6) is 0 Å². The van der Waals surface area contributed by atoms with Crippen molar-refractivity contribution in [2.45, 2.75) is 38.3 Å². The van der Waals surface area contributed by atoms with Crippen molar-refractivity contribution >= 4 is 17.3 Å². The van der Waals surface area contributed by atoms with Gasteiger partial charge in [-0.05, 0) is 50.1 Å². The van der Waals surface area contributed by atoms with Gasteiger partial charge in [-0.1, -0.05) is 12.5 Å². The first-order chi connectivity index (χ1) is 10.7. The van der Waals surface area contributed by atoms with E-state index in [1.165, 1.54) is 9.75 Å². The lowest BCUT2D eigenvalue weighted by molar-refractivity contribution is -0.145. The van der Waals surface area contributed by atoms with Gasteiger partial charge in [0.15, 0.2) is 0 Å². The number of pyridine rings is 1. The van der Waals surface area contributed by atoms with Crippen molar-refractivity contribution in [1.29, 1.82) is 0 Å². The van der Waals surface area contributed by atoms with Gasteiger partial charge in [0.05, 0.1) is 6.04 Å². The third-order valence-electron chi connectivity index (χ3n) is 4.19. The molecule has 0 bridgehead atoms. The lowest BCUT2D eigenvalue weighted by Gasteiger charge is -2.38. The van der Waals surface area contributed by atoms with E-state index in [1.807, 2.05) is 18.3 Å². The first-order valence-corrected chi connectivity index (χ1v) is 8.43. The molecule has 0 spiro atoms. The Morgan fingerprint density at radius 3 is 2.91 bits per heavy atom. The monoisotopic (exact) mass is 316 g/mol. The second-order valence-electron chi connectivity index (χ2n) is 5.72. The number of carbonyl (C=O) groups is 1. The van der Waals surface area contributed by atoms with Crippen LogP contribution < -0.4 is 0 Å². The van der Waals surface area contributed by atoms with E-state index in [0.29, 0.717) is 0 Å². The van der Waals surface area contributed by atoms with E-state index in [4.69, 9.17) is 0 Å². The summed E-state index contributed by atoms with van der Waals surface area (Å²) >= 11 is 1.74. The van der Waals surface area contributed by atoms with Crippen LogP contribution in [-0.4, -0.2) is 33.5 Å². The molecule has 2 unspecified atom stereocenters. The van der Waals surface area contributed by atoms with E-state index < -0.39 is 12.0 Å². The molecule has 2 aromatic rings. The molecule has 1 saturated heterocycles. The number of aliphatic carboxylic acids is 1. The maximum atomic E-state index is 11.7. The van der Waals surface area contributed by atoms with Crippen LogP contribution in [0.15, 0.2) is 36.7 Å². The number of hydrogen-bond acceptors (Lipinski definition) is 4. The largest absolute Gasteiger partial charge is 0.480 e. The Labute approximate surface area is 134 Å². The summed E-state index contributed by atoms with van der Waals surface area (Å²) < 4.78 is 0. The molecule has 0 aromatic carbocycles. The topological polar surface area (TPSA) is 53.4 Å². The summed E-state index contributed by atoms with van der Waals surface area (Å²) in [6, 6.07) is 7.74. The summed E-state index contributed by atoms with van der Waals surface area (Å²) in [5, 5.41) is 9.60. The molecule has 22 heavy (non-hydrogen) atoms. The molecule has 3 heterocycles. The van der Waals surface area contributed by atoms with Crippen molar-refractivity contribution in [1.82, 2.24) is 9.88 Å². The van der Waals surface area contributed by atoms with Gasteiger partial charge in [-0.25, -0.2) is 0 Å². The zero-order valence-corrected chi connectivity index (χ0v) is 13.4. The van der Waals surface area contributed by atoms with Crippen molar-refractivity contribution in [3.05, 3.63) is 52.0 Å². The number of piperidine rings is 1. The lowest BCUT2D eigenvalue weighted by atomic mass is 9.96. The van der Waals surface area contributed by atoms with Crippen LogP contribution in [0.1, 0.15) is 40.6 Å². The summed E-state index contributed by atoms with van der Waals surface area (Å²) in [7, 11) is 0. The SMILES string of the molecule is Cc1ccc(C(c2cccnc2)N2CCCCC2C(=O)O)s1. The molecule has 1 aliphatic heterocycles. The fraction of sp³-hybridized carbons (Fsp3) is 0.412. The fourth-order valence-electron chi connectivity index (χ4n) is 3.19. The van der Waals surface area contributed by atoms with Gasteiger partial charge < -0.3 is 5.11 Å². The van der Waals surface area contributed by atoms with Crippen LogP contribution in [0.25, 0.3) is 0 Å². The third-order valence-corrected chi connectivity index (χ3v) is 5.24. The van der Waals surface area contributed by atoms with E-state index in [0.717, 1.165) is 31.4 Å². The average molecular weight is 316 g/mol. The molecule has 2 atom stereocenters. The van der Waals surface area contributed by atoms with E-state index in [2.05, 4.69) is 28.9 Å². The van der Waals surface area contributed by atoms with Crippen molar-refractivity contribution < 1.29 is 9.90 Å². The number of rotatable bonds is 4. The van der Waals surface area contributed by atoms with Crippen molar-refractivity contribution in [3.8, 4) is 0 Å². The summed E-state index contributed by atoms with van der Waals surface area (Å²) in [4.78, 5) is 20.5. The standard InChI is InChI=1S/C17H20N2O2S/c1-12-7-8-15(22-12)16(13-5-4-9-18-11-13)19-10-3-2-6-14(19)17(20)21/h4-5,7-9,11,14,16H,2-3,6,10H2,1H3,(H,20,21). The molecular weight excluding hydrogens is 296 g/mol. The van der Waals surface area contributed by atoms with Crippen LogP contribution in [0.2, 0.25) is 0 Å². The second-order valence-corrected chi connectivity index (χ2v) is 7.04. The molecule has 2 aromatic heterocycles. The first kappa shape index (κ1) is 15.2. The van der Waals surface area contributed by atoms with Crippen molar-refractivity contribution in [3.63, 3.8) is 0 Å². The maximum Gasteiger partial charge on any atom is 0.320 e. The Morgan fingerprint density at radius 2 is 2.27 bits per heavy atom. The van der Waals surface area contributed by atoms with Gasteiger partial charge in [-0.3, -0.25) is 14.7 Å². The molecule has 0 saturated carbocycles. The highest BCUT2D eigenvalue weighted by Crippen LogP contribution is 2.36. The molecule has 116 valence electrons. The number of carboxylic acids is 1. The van der Waals surface area contributed by atoms with Gasteiger partial charge in [-0.2, -0.15) is 0 Å². The van der Waals surface area contributed by atoms with Gasteiger partial charge in [0.1, 0.15) is 6.04 Å². The Kier molecular flexibility index (Phi) is 4.55. The van der Waals surface area contributed by atoms with Crippen LogP contribution in [0.4, 0.5) is 0 Å². The summed E-state index contributed by atoms with van der Waals surface area (Å²) in [5.74, 6) is -0.720. The first-order valence-electron chi connectivity index (χ1n) is 7.61. The van der Waals surface area contributed by atoms with Crippen molar-refractivity contribution in [2.24, 2.45) is 0 Å². The highest BCUT2D eigenvalue weighted by atomic mass is 32.1. The van der Waals surface area contributed by atoms with Crippen LogP contribution in [0, 0.1) is 6.92 Å². The zero-order chi connectivity index (χ0) is 15.5. The highest BCUT2D eigenvalue weighted by molar-refractivity contribution is 7.12. The lowest BCUT2D eigenvalue weighted by Crippen LogP contribution is -2.46. The molecule has 0 amide bonds. The van der Waals surface area contributed by atoms with Crippen LogP contribution in [-0.2, 0) is 4.79 Å². The number of aromatic nitrogens is 1. The smallest absolute Gasteiger partial charge is 0.320 e. The molecule has 3 rings (SSSR count). The predicted molar refractivity (Wildman–Crippen MR) is 87.1 cm³/mol. The maximum absolute atomic E-state index is 11.7. The number of hydrogen-bond donors (Lipinski definition) is 1. The third kappa shape index (κ3) is 3.05. The Balaban J connectivity index is 2.02. The normalized spacial score (nSPS) is 20.7. The average Bonchev–Trinajstić information content (AvgIpc) is 2.95. The summed E-state index contributed by atoms with van der Waals surface area (Å²) in [6.45, 7) is 2.90. The Hall–Kier alpha value is -1.72. The summed E-state index contributed by atoms with van der Waals surface area (Å²) in [5.41, 5.74) is 1.07. The zero-order valence-electron chi connectivity index (χ0n) is 12.6. The minimum Gasteiger partial charge on any atom is -0.480 e. The molecule has 1 N–H and O–H groups in total. The van der Waals surface area contributed by atoms with Crippen LogP contribution in [0.3, 0.4) is 0 Å². The highest BCUT2D eigenvalue weighted by Gasteiger charge is 2.35. The van der Waals surface area contributed by atoms with Crippen molar-refractivity contribution in [2.75, 3.05) is 6.54 Å². The number of carboxylic acid groups (broad SMARTS) is 1. The molecule has 0 aliphatic carbocycles. The van der Waals surface area contributed by atoms with Gasteiger partial charge >= 0.3 is 5.97 Å². The van der Waals surface area contributed by atoms with E-state index in [9.17, 15) is 9.90 Å². The Bertz CT molecular complexity index is 641. The molecule has 0 radical (unpaired) electrons. The van der Waals surface area contributed by atoms with E-state index >= 15 is 0 Å². The minimum absolute atomic E-state index is 0.0196. The number of likely N-dealkylation sites (tertiary alicyclic amines) is 1. The predicted octanol–water partition coefficient (Wildman–Crippen LogP) is 3.48. The van der Waals surface area contributed by atoms with Gasteiger partial charge in [0, 0.05) is 22.1 Å². The second kappa shape index (κ2) is 6.58. The number of aryl methyl sites for hydroxylation is 1. The van der Waals surface area contributed by atoms with Gasteiger partial charge in [0.2, 0.25) is 0 Å². The summed E-state index contributed by atoms with van der Waals surface area (Å²) in [6.07, 6.45) is 6.36. The fourth-order valence-corrected chi connectivity index (χ4v) is 4.21. The Morgan fingerprint density at radius 1 is 1.41 bits per heavy atom. The van der Waals surface area contributed by atoms with Gasteiger partial charge in [-0.15, -0.1) is 11.3 Å².